The highest BCUT2D eigenvalue weighted by molar-refractivity contribution is 6.35. The number of hydrogen-bond donors (Lipinski definition) is 0. The Hall–Kier alpha value is -1.78. The first-order valence-electron chi connectivity index (χ1n) is 7.98. The van der Waals surface area contributed by atoms with Crippen molar-refractivity contribution in [2.24, 2.45) is 0 Å². The van der Waals surface area contributed by atoms with Gasteiger partial charge in [0, 0.05) is 41.1 Å². The van der Waals surface area contributed by atoms with Crippen LogP contribution < -0.4 is 0 Å². The molecule has 0 saturated heterocycles. The zero-order valence-corrected chi connectivity index (χ0v) is 15.1. The van der Waals surface area contributed by atoms with E-state index in [1.807, 2.05) is 6.92 Å². The van der Waals surface area contributed by atoms with E-state index in [9.17, 15) is 9.59 Å². The minimum absolute atomic E-state index is 0.0127. The van der Waals surface area contributed by atoms with Crippen LogP contribution in [0.25, 0.3) is 0 Å². The number of carbonyl (C=O) groups excluding carboxylic acids is 2. The van der Waals surface area contributed by atoms with Crippen molar-refractivity contribution in [1.29, 1.82) is 0 Å². The van der Waals surface area contributed by atoms with E-state index in [1.165, 1.54) is 12.3 Å². The summed E-state index contributed by atoms with van der Waals surface area (Å²) < 4.78 is 15.5. The smallest absolute Gasteiger partial charge is 0.196 e. The molecule has 130 valence electrons. The quantitative estimate of drug-likeness (QED) is 0.747. The lowest BCUT2D eigenvalue weighted by Crippen LogP contribution is -2.37. The second kappa shape index (κ2) is 6.85. The molecular weight excluding hydrogens is 364 g/mol. The molecule has 0 aliphatic heterocycles. The molecule has 2 aromatic rings. The number of hydrogen-bond acceptors (Lipinski definition) is 3. The van der Waals surface area contributed by atoms with Crippen molar-refractivity contribution in [3.63, 3.8) is 0 Å². The van der Waals surface area contributed by atoms with Crippen molar-refractivity contribution < 1.29 is 14.0 Å². The number of alkyl halides is 1. The maximum Gasteiger partial charge on any atom is 0.196 e. The van der Waals surface area contributed by atoms with Crippen LogP contribution in [-0.2, 0) is 16.9 Å². The number of Topliss-reactive ketones (excluding diaryl/α,β-unsaturated/α-hetero) is 2. The van der Waals surface area contributed by atoms with Crippen molar-refractivity contribution in [3.8, 4) is 0 Å². The van der Waals surface area contributed by atoms with E-state index >= 15 is 4.39 Å². The number of ketones is 2. The molecule has 1 atom stereocenters. The van der Waals surface area contributed by atoms with Crippen LogP contribution in [0.15, 0.2) is 30.5 Å². The van der Waals surface area contributed by atoms with Crippen LogP contribution in [0.3, 0.4) is 0 Å². The molecule has 1 aliphatic rings. The number of halogens is 3. The predicted molar refractivity (Wildman–Crippen MR) is 95.1 cm³/mol. The van der Waals surface area contributed by atoms with Gasteiger partial charge < -0.3 is 0 Å². The summed E-state index contributed by atoms with van der Waals surface area (Å²) in [5.41, 5.74) is -0.398. The molecule has 1 heterocycles. The lowest BCUT2D eigenvalue weighted by molar-refractivity contribution is -0.131. The summed E-state index contributed by atoms with van der Waals surface area (Å²) in [6, 6.07) is 6.38. The Morgan fingerprint density at radius 2 is 2.12 bits per heavy atom. The van der Waals surface area contributed by atoms with E-state index in [0.29, 0.717) is 16.5 Å². The number of pyridine rings is 1. The number of aryl methyl sites for hydroxylation is 1. The minimum atomic E-state index is -2.18. The van der Waals surface area contributed by atoms with Gasteiger partial charge in [0.1, 0.15) is 5.69 Å². The second-order valence-corrected chi connectivity index (χ2v) is 7.07. The molecule has 0 radical (unpaired) electrons. The van der Waals surface area contributed by atoms with Crippen LogP contribution in [0, 0.1) is 6.92 Å². The summed E-state index contributed by atoms with van der Waals surface area (Å²) in [7, 11) is 0. The number of fused-ring (bicyclic) bond motifs is 1. The van der Waals surface area contributed by atoms with Gasteiger partial charge in [-0.2, -0.15) is 0 Å². The van der Waals surface area contributed by atoms with Crippen LogP contribution in [0.4, 0.5) is 4.39 Å². The Labute approximate surface area is 155 Å². The molecule has 1 aromatic carbocycles. The third-order valence-corrected chi connectivity index (χ3v) is 5.18. The SMILES string of the molecule is Cc1cc(Cl)cc(Cl)c1CCC(=O)C1(F)CCC(=O)c2ncccc21. The maximum atomic E-state index is 15.5. The van der Waals surface area contributed by atoms with Crippen molar-refractivity contribution in [3.05, 3.63) is 62.9 Å². The van der Waals surface area contributed by atoms with Gasteiger partial charge in [-0.15, -0.1) is 0 Å². The molecule has 0 bridgehead atoms. The Balaban J connectivity index is 1.85. The number of benzene rings is 1. The monoisotopic (exact) mass is 379 g/mol. The van der Waals surface area contributed by atoms with E-state index in [2.05, 4.69) is 4.98 Å². The second-order valence-electron chi connectivity index (χ2n) is 6.23. The molecule has 0 spiro atoms. The van der Waals surface area contributed by atoms with Crippen LogP contribution in [0.5, 0.6) is 0 Å². The first-order valence-corrected chi connectivity index (χ1v) is 8.74. The van der Waals surface area contributed by atoms with Crippen molar-refractivity contribution in [2.75, 3.05) is 0 Å². The zero-order chi connectivity index (χ0) is 18.2. The Kier molecular flexibility index (Phi) is 4.94. The summed E-state index contributed by atoms with van der Waals surface area (Å²) in [5, 5.41) is 0.983. The van der Waals surface area contributed by atoms with Gasteiger partial charge in [-0.1, -0.05) is 29.3 Å². The number of rotatable bonds is 4. The van der Waals surface area contributed by atoms with Gasteiger partial charge in [-0.05, 0) is 42.7 Å². The lowest BCUT2D eigenvalue weighted by atomic mass is 9.78. The molecule has 0 N–H and O–H groups in total. The highest BCUT2D eigenvalue weighted by Gasteiger charge is 2.46. The highest BCUT2D eigenvalue weighted by atomic mass is 35.5. The average molecular weight is 380 g/mol. The van der Waals surface area contributed by atoms with Crippen molar-refractivity contribution in [1.82, 2.24) is 4.98 Å². The molecule has 3 rings (SSSR count). The van der Waals surface area contributed by atoms with Gasteiger partial charge in [0.2, 0.25) is 0 Å². The molecule has 0 saturated carbocycles. The fraction of sp³-hybridized carbons (Fsp3) is 0.316. The van der Waals surface area contributed by atoms with Crippen LogP contribution in [0.2, 0.25) is 10.0 Å². The first-order chi connectivity index (χ1) is 11.8. The fourth-order valence-corrected chi connectivity index (χ4v) is 3.95. The third kappa shape index (κ3) is 3.33. The first kappa shape index (κ1) is 18.0. The molecule has 25 heavy (non-hydrogen) atoms. The average Bonchev–Trinajstić information content (AvgIpc) is 2.57. The molecule has 1 aromatic heterocycles. The summed E-state index contributed by atoms with van der Waals surface area (Å²) in [4.78, 5) is 28.6. The molecule has 3 nitrogen and oxygen atoms in total. The lowest BCUT2D eigenvalue weighted by Gasteiger charge is -2.29. The van der Waals surface area contributed by atoms with Gasteiger partial charge in [0.15, 0.2) is 17.2 Å². The van der Waals surface area contributed by atoms with Crippen LogP contribution in [-0.4, -0.2) is 16.6 Å². The van der Waals surface area contributed by atoms with Gasteiger partial charge in [-0.3, -0.25) is 14.6 Å². The largest absolute Gasteiger partial charge is 0.296 e. The summed E-state index contributed by atoms with van der Waals surface area (Å²) in [6.07, 6.45) is 1.57. The molecule has 6 heteroatoms. The standard InChI is InChI=1S/C19H16Cl2FNO2/c1-11-9-12(20)10-15(21)13(11)4-5-17(25)19(22)7-6-16(24)18-14(19)3-2-8-23-18/h2-3,8-10H,4-7H2,1H3. The number of carbonyl (C=O) groups is 2. The molecule has 1 aliphatic carbocycles. The molecule has 1 unspecified atom stereocenters. The maximum absolute atomic E-state index is 15.5. The number of aromatic nitrogens is 1. The van der Waals surface area contributed by atoms with E-state index in [4.69, 9.17) is 23.2 Å². The van der Waals surface area contributed by atoms with Gasteiger partial charge >= 0.3 is 0 Å². The molecule has 0 fully saturated rings. The highest BCUT2D eigenvalue weighted by Crippen LogP contribution is 2.40. The van der Waals surface area contributed by atoms with E-state index in [0.717, 1.165) is 11.1 Å². The Morgan fingerprint density at radius 3 is 2.84 bits per heavy atom. The number of nitrogens with zero attached hydrogens (tertiary/aromatic N) is 1. The van der Waals surface area contributed by atoms with Crippen LogP contribution >= 0.6 is 23.2 Å². The van der Waals surface area contributed by atoms with Gasteiger partial charge in [0.05, 0.1) is 0 Å². The fourth-order valence-electron chi connectivity index (χ4n) is 3.26. The Bertz CT molecular complexity index is 845. The molecule has 0 amide bonds. The third-order valence-electron chi connectivity index (χ3n) is 4.62. The van der Waals surface area contributed by atoms with Crippen molar-refractivity contribution in [2.45, 2.75) is 38.3 Å². The van der Waals surface area contributed by atoms with Crippen LogP contribution in [0.1, 0.15) is 46.4 Å². The van der Waals surface area contributed by atoms with Gasteiger partial charge in [-0.25, -0.2) is 4.39 Å². The van der Waals surface area contributed by atoms with E-state index < -0.39 is 11.5 Å². The minimum Gasteiger partial charge on any atom is -0.296 e. The predicted octanol–water partition coefficient (Wildman–Crippen LogP) is 5.04. The molecular formula is C19H16Cl2FNO2. The zero-order valence-electron chi connectivity index (χ0n) is 13.6. The van der Waals surface area contributed by atoms with E-state index in [1.54, 1.807) is 18.2 Å². The summed E-state index contributed by atoms with van der Waals surface area (Å²) >= 11 is 12.1. The summed E-state index contributed by atoms with van der Waals surface area (Å²) in [5.74, 6) is -0.784. The normalized spacial score (nSPS) is 19.6. The Morgan fingerprint density at radius 1 is 1.36 bits per heavy atom. The van der Waals surface area contributed by atoms with Crippen molar-refractivity contribution >= 4 is 34.8 Å². The topological polar surface area (TPSA) is 47.0 Å². The van der Waals surface area contributed by atoms with Gasteiger partial charge in [0.25, 0.3) is 0 Å². The summed E-state index contributed by atoms with van der Waals surface area (Å²) in [6.45, 7) is 1.85. The van der Waals surface area contributed by atoms with E-state index in [-0.39, 0.29) is 36.3 Å².